The molecule has 0 aromatic heterocycles. The monoisotopic (exact) mass is 361 g/mol. The van der Waals surface area contributed by atoms with Gasteiger partial charge < -0.3 is 15.2 Å². The molecule has 0 atom stereocenters. The molecule has 3 aromatic carbocycles. The quantitative estimate of drug-likeness (QED) is 0.617. The molecule has 4 nitrogen and oxygen atoms in total. The zero-order valence-electron chi connectivity index (χ0n) is 15.3. The number of aromatic carboxylic acids is 1. The highest BCUT2D eigenvalue weighted by molar-refractivity contribution is 5.87. The lowest BCUT2D eigenvalue weighted by Crippen LogP contribution is -2.12. The van der Waals surface area contributed by atoms with Crippen molar-refractivity contribution in [3.63, 3.8) is 0 Å². The van der Waals surface area contributed by atoms with Crippen LogP contribution in [0.15, 0.2) is 72.8 Å². The third-order valence-electron chi connectivity index (χ3n) is 4.25. The number of carbonyl (C=O) groups is 1. The number of hydrogen-bond donors (Lipinski definition) is 2. The Hall–Kier alpha value is -3.11. The summed E-state index contributed by atoms with van der Waals surface area (Å²) < 4.78 is 5.90. The van der Waals surface area contributed by atoms with E-state index in [1.807, 2.05) is 36.4 Å². The second kappa shape index (κ2) is 9.01. The molecule has 0 bridgehead atoms. The summed E-state index contributed by atoms with van der Waals surface area (Å²) in [6.45, 7) is 4.01. The van der Waals surface area contributed by atoms with Crippen molar-refractivity contribution in [2.75, 3.05) is 0 Å². The third-order valence-corrected chi connectivity index (χ3v) is 4.25. The topological polar surface area (TPSA) is 58.6 Å². The molecule has 0 aliphatic heterocycles. The van der Waals surface area contributed by atoms with Gasteiger partial charge in [0, 0.05) is 13.1 Å². The van der Waals surface area contributed by atoms with Crippen molar-refractivity contribution in [2.24, 2.45) is 0 Å². The van der Waals surface area contributed by atoms with E-state index < -0.39 is 5.97 Å². The average molecular weight is 361 g/mol. The molecule has 138 valence electrons. The van der Waals surface area contributed by atoms with E-state index >= 15 is 0 Å². The van der Waals surface area contributed by atoms with E-state index in [1.165, 1.54) is 5.56 Å². The van der Waals surface area contributed by atoms with Crippen LogP contribution in [0.3, 0.4) is 0 Å². The molecule has 0 unspecified atom stereocenters. The molecular weight excluding hydrogens is 338 g/mol. The summed E-state index contributed by atoms with van der Waals surface area (Å²) in [4.78, 5) is 10.9. The smallest absolute Gasteiger partial charge is 0.335 e. The van der Waals surface area contributed by atoms with Crippen molar-refractivity contribution in [1.29, 1.82) is 0 Å². The minimum Gasteiger partial charge on any atom is -0.489 e. The molecule has 0 amide bonds. The zero-order valence-corrected chi connectivity index (χ0v) is 15.3. The van der Waals surface area contributed by atoms with Gasteiger partial charge in [-0.2, -0.15) is 0 Å². The SMILES string of the molecule is Cc1cccc(COc2cccc(CNCc3ccc(C(=O)O)cc3)c2)c1. The molecule has 0 saturated heterocycles. The summed E-state index contributed by atoms with van der Waals surface area (Å²) in [7, 11) is 0. The average Bonchev–Trinajstić information content (AvgIpc) is 2.67. The van der Waals surface area contributed by atoms with E-state index in [0.29, 0.717) is 25.3 Å². The predicted octanol–water partition coefficient (Wildman–Crippen LogP) is 4.56. The maximum atomic E-state index is 10.9. The lowest BCUT2D eigenvalue weighted by molar-refractivity contribution is 0.0697. The molecule has 3 aromatic rings. The van der Waals surface area contributed by atoms with Gasteiger partial charge in [0.1, 0.15) is 12.4 Å². The molecule has 0 radical (unpaired) electrons. The van der Waals surface area contributed by atoms with Gasteiger partial charge in [-0.3, -0.25) is 0 Å². The molecule has 0 saturated carbocycles. The van der Waals surface area contributed by atoms with Crippen molar-refractivity contribution in [3.8, 4) is 5.75 Å². The number of ether oxygens (including phenoxy) is 1. The second-order valence-electron chi connectivity index (χ2n) is 6.53. The van der Waals surface area contributed by atoms with Gasteiger partial charge in [-0.25, -0.2) is 4.79 Å². The summed E-state index contributed by atoms with van der Waals surface area (Å²) in [5, 5.41) is 12.3. The van der Waals surface area contributed by atoms with Crippen LogP contribution >= 0.6 is 0 Å². The number of aryl methyl sites for hydroxylation is 1. The van der Waals surface area contributed by atoms with Crippen LogP contribution in [0, 0.1) is 6.92 Å². The van der Waals surface area contributed by atoms with E-state index in [9.17, 15) is 4.79 Å². The first-order valence-corrected chi connectivity index (χ1v) is 8.90. The van der Waals surface area contributed by atoms with Gasteiger partial charge in [0.2, 0.25) is 0 Å². The van der Waals surface area contributed by atoms with Gasteiger partial charge in [-0.05, 0) is 47.9 Å². The minimum atomic E-state index is -0.906. The number of hydrogen-bond acceptors (Lipinski definition) is 3. The molecule has 0 fully saturated rings. The first kappa shape index (κ1) is 18.7. The molecule has 4 heteroatoms. The highest BCUT2D eigenvalue weighted by Gasteiger charge is 2.02. The van der Waals surface area contributed by atoms with Gasteiger partial charge in [0.05, 0.1) is 5.56 Å². The zero-order chi connectivity index (χ0) is 19.1. The first-order valence-electron chi connectivity index (χ1n) is 8.90. The van der Waals surface area contributed by atoms with Crippen molar-refractivity contribution < 1.29 is 14.6 Å². The third kappa shape index (κ3) is 5.69. The molecule has 0 aliphatic carbocycles. The second-order valence-corrected chi connectivity index (χ2v) is 6.53. The van der Waals surface area contributed by atoms with Gasteiger partial charge in [0.15, 0.2) is 0 Å². The Kier molecular flexibility index (Phi) is 6.23. The maximum Gasteiger partial charge on any atom is 0.335 e. The minimum absolute atomic E-state index is 0.303. The van der Waals surface area contributed by atoms with E-state index in [4.69, 9.17) is 9.84 Å². The molecule has 27 heavy (non-hydrogen) atoms. The van der Waals surface area contributed by atoms with Crippen LogP contribution in [0.5, 0.6) is 5.75 Å². The van der Waals surface area contributed by atoms with E-state index in [2.05, 4.69) is 36.5 Å². The summed E-state index contributed by atoms with van der Waals surface area (Å²) in [6.07, 6.45) is 0. The molecule has 2 N–H and O–H groups in total. The fourth-order valence-electron chi connectivity index (χ4n) is 2.83. The van der Waals surface area contributed by atoms with Gasteiger partial charge >= 0.3 is 5.97 Å². The first-order chi connectivity index (χ1) is 13.1. The standard InChI is InChI=1S/C23H23NO3/c1-17-4-2-6-20(12-17)16-27-22-7-3-5-19(13-22)15-24-14-18-8-10-21(11-9-18)23(25)26/h2-13,24H,14-16H2,1H3,(H,25,26). The summed E-state index contributed by atoms with van der Waals surface area (Å²) in [5.41, 5.74) is 4.87. The van der Waals surface area contributed by atoms with E-state index in [-0.39, 0.29) is 0 Å². The summed E-state index contributed by atoms with van der Waals surface area (Å²) in [5.74, 6) is -0.0568. The fraction of sp³-hybridized carbons (Fsp3) is 0.174. The van der Waals surface area contributed by atoms with Crippen LogP contribution in [0.2, 0.25) is 0 Å². The van der Waals surface area contributed by atoms with Gasteiger partial charge in [-0.1, -0.05) is 54.1 Å². The van der Waals surface area contributed by atoms with E-state index in [1.54, 1.807) is 12.1 Å². The molecular formula is C23H23NO3. The van der Waals surface area contributed by atoms with Crippen molar-refractivity contribution in [1.82, 2.24) is 5.32 Å². The van der Waals surface area contributed by atoms with Crippen LogP contribution in [-0.2, 0) is 19.7 Å². The summed E-state index contributed by atoms with van der Waals surface area (Å²) >= 11 is 0. The number of carboxylic acid groups (broad SMARTS) is 1. The maximum absolute atomic E-state index is 10.9. The molecule has 0 spiro atoms. The Labute approximate surface area is 159 Å². The highest BCUT2D eigenvalue weighted by Crippen LogP contribution is 2.16. The lowest BCUT2D eigenvalue weighted by atomic mass is 10.1. The Balaban J connectivity index is 1.50. The normalized spacial score (nSPS) is 10.6. The molecule has 0 heterocycles. The Morgan fingerprint density at radius 1 is 0.889 bits per heavy atom. The van der Waals surface area contributed by atoms with Crippen LogP contribution in [-0.4, -0.2) is 11.1 Å². The van der Waals surface area contributed by atoms with Crippen LogP contribution in [0.1, 0.15) is 32.6 Å². The van der Waals surface area contributed by atoms with Crippen LogP contribution < -0.4 is 10.1 Å². The van der Waals surface area contributed by atoms with Crippen LogP contribution in [0.25, 0.3) is 0 Å². The number of rotatable bonds is 8. The Morgan fingerprint density at radius 3 is 2.33 bits per heavy atom. The number of benzene rings is 3. The van der Waals surface area contributed by atoms with Crippen molar-refractivity contribution in [3.05, 3.63) is 101 Å². The van der Waals surface area contributed by atoms with Gasteiger partial charge in [0.25, 0.3) is 0 Å². The fourth-order valence-corrected chi connectivity index (χ4v) is 2.83. The van der Waals surface area contributed by atoms with Crippen LogP contribution in [0.4, 0.5) is 0 Å². The van der Waals surface area contributed by atoms with E-state index in [0.717, 1.165) is 22.4 Å². The molecule has 3 rings (SSSR count). The lowest BCUT2D eigenvalue weighted by Gasteiger charge is -2.10. The molecule has 0 aliphatic rings. The van der Waals surface area contributed by atoms with Crippen molar-refractivity contribution in [2.45, 2.75) is 26.6 Å². The van der Waals surface area contributed by atoms with Crippen molar-refractivity contribution >= 4 is 5.97 Å². The Bertz CT molecular complexity index is 904. The Morgan fingerprint density at radius 2 is 1.59 bits per heavy atom. The number of nitrogens with one attached hydrogen (secondary N) is 1. The number of carboxylic acids is 1. The largest absolute Gasteiger partial charge is 0.489 e. The summed E-state index contributed by atoms with van der Waals surface area (Å²) in [6, 6.07) is 23.3. The highest BCUT2D eigenvalue weighted by atomic mass is 16.5. The predicted molar refractivity (Wildman–Crippen MR) is 106 cm³/mol. The van der Waals surface area contributed by atoms with Gasteiger partial charge in [-0.15, -0.1) is 0 Å².